The first-order chi connectivity index (χ1) is 12.6. The molecule has 1 aromatic carbocycles. The van der Waals surface area contributed by atoms with Crippen molar-refractivity contribution in [2.24, 2.45) is 5.92 Å². The topological polar surface area (TPSA) is 75.1 Å². The third-order valence-electron chi connectivity index (χ3n) is 5.26. The molecule has 1 fully saturated rings. The maximum absolute atomic E-state index is 12.4. The summed E-state index contributed by atoms with van der Waals surface area (Å²) in [7, 11) is 0. The molecule has 1 aliphatic rings. The van der Waals surface area contributed by atoms with E-state index in [0.29, 0.717) is 11.7 Å². The van der Waals surface area contributed by atoms with Crippen molar-refractivity contribution in [3.8, 4) is 17.0 Å². The zero-order chi connectivity index (χ0) is 18.5. The van der Waals surface area contributed by atoms with Crippen LogP contribution in [-0.2, 0) is 4.79 Å². The zero-order valence-electron chi connectivity index (χ0n) is 15.5. The summed E-state index contributed by atoms with van der Waals surface area (Å²) in [5.41, 5.74) is 2.58. The second-order valence-corrected chi connectivity index (χ2v) is 7.17. The molecule has 1 amide bonds. The molecule has 1 atom stereocenters. The second-order valence-electron chi connectivity index (χ2n) is 7.17. The highest BCUT2D eigenvalue weighted by Gasteiger charge is 2.23. The Labute approximate surface area is 154 Å². The molecular weight excluding hydrogens is 326 g/mol. The molecule has 0 spiro atoms. The standard InChI is InChI=1S/C21H27N3O2/c1-3-14(2)21(26)24-20-19(16-7-5-4-6-8-16)23-18(13-22-20)15-9-11-17(25)12-10-15/h9-14,16,25H,3-8H2,1-2H3,(H,22,24,26). The van der Waals surface area contributed by atoms with Crippen molar-refractivity contribution in [1.29, 1.82) is 0 Å². The predicted molar refractivity (Wildman–Crippen MR) is 103 cm³/mol. The van der Waals surface area contributed by atoms with Crippen LogP contribution in [0.3, 0.4) is 0 Å². The Hall–Kier alpha value is -2.43. The Balaban J connectivity index is 1.95. The quantitative estimate of drug-likeness (QED) is 0.803. The number of rotatable bonds is 5. The van der Waals surface area contributed by atoms with Gasteiger partial charge < -0.3 is 10.4 Å². The van der Waals surface area contributed by atoms with E-state index in [2.05, 4.69) is 10.3 Å². The van der Waals surface area contributed by atoms with Gasteiger partial charge in [0.1, 0.15) is 5.75 Å². The third kappa shape index (κ3) is 4.21. The number of carbonyl (C=O) groups excluding carboxylic acids is 1. The number of benzene rings is 1. The number of anilines is 1. The van der Waals surface area contributed by atoms with Crippen molar-refractivity contribution in [2.45, 2.75) is 58.3 Å². The molecular formula is C21H27N3O2. The van der Waals surface area contributed by atoms with Gasteiger partial charge in [-0.3, -0.25) is 4.79 Å². The molecule has 3 rings (SSSR count). The summed E-state index contributed by atoms with van der Waals surface area (Å²) in [6.07, 6.45) is 8.30. The van der Waals surface area contributed by atoms with E-state index in [1.54, 1.807) is 18.3 Å². The molecule has 1 unspecified atom stereocenters. The minimum absolute atomic E-state index is 0.00348. The van der Waals surface area contributed by atoms with Gasteiger partial charge in [0.2, 0.25) is 5.91 Å². The molecule has 1 aliphatic carbocycles. The molecule has 138 valence electrons. The maximum Gasteiger partial charge on any atom is 0.228 e. The van der Waals surface area contributed by atoms with Gasteiger partial charge >= 0.3 is 0 Å². The van der Waals surface area contributed by atoms with Crippen LogP contribution in [0, 0.1) is 5.92 Å². The van der Waals surface area contributed by atoms with Crippen molar-refractivity contribution in [2.75, 3.05) is 5.32 Å². The van der Waals surface area contributed by atoms with Crippen molar-refractivity contribution in [3.05, 3.63) is 36.2 Å². The van der Waals surface area contributed by atoms with Crippen LogP contribution in [0.2, 0.25) is 0 Å². The van der Waals surface area contributed by atoms with Crippen LogP contribution in [-0.4, -0.2) is 21.0 Å². The maximum atomic E-state index is 12.4. The smallest absolute Gasteiger partial charge is 0.228 e. The zero-order valence-corrected chi connectivity index (χ0v) is 15.5. The molecule has 26 heavy (non-hydrogen) atoms. The van der Waals surface area contributed by atoms with Crippen LogP contribution in [0.1, 0.15) is 64.0 Å². The van der Waals surface area contributed by atoms with Gasteiger partial charge in [0.25, 0.3) is 0 Å². The van der Waals surface area contributed by atoms with Crippen LogP contribution < -0.4 is 5.32 Å². The van der Waals surface area contributed by atoms with E-state index in [9.17, 15) is 9.90 Å². The SMILES string of the molecule is CCC(C)C(=O)Nc1ncc(-c2ccc(O)cc2)nc1C1CCCCC1. The lowest BCUT2D eigenvalue weighted by Gasteiger charge is -2.24. The molecule has 2 aromatic rings. The number of nitrogens with zero attached hydrogens (tertiary/aromatic N) is 2. The number of hydrogen-bond donors (Lipinski definition) is 2. The Morgan fingerprint density at radius 3 is 2.58 bits per heavy atom. The van der Waals surface area contributed by atoms with E-state index in [4.69, 9.17) is 4.98 Å². The van der Waals surface area contributed by atoms with E-state index < -0.39 is 0 Å². The molecule has 0 aliphatic heterocycles. The number of phenols is 1. The van der Waals surface area contributed by atoms with E-state index in [-0.39, 0.29) is 17.6 Å². The minimum atomic E-state index is -0.0484. The first-order valence-electron chi connectivity index (χ1n) is 9.55. The first kappa shape index (κ1) is 18.4. The molecule has 5 nitrogen and oxygen atoms in total. The summed E-state index contributed by atoms with van der Waals surface area (Å²) in [5, 5.41) is 12.5. The lowest BCUT2D eigenvalue weighted by atomic mass is 9.86. The minimum Gasteiger partial charge on any atom is -0.508 e. The number of phenolic OH excluding ortho intramolecular Hbond substituents is 1. The van der Waals surface area contributed by atoms with Crippen LogP contribution in [0.4, 0.5) is 5.82 Å². The molecule has 0 saturated heterocycles. The van der Waals surface area contributed by atoms with Gasteiger partial charge in [-0.15, -0.1) is 0 Å². The Kier molecular flexibility index (Phi) is 5.86. The van der Waals surface area contributed by atoms with Crippen molar-refractivity contribution in [3.63, 3.8) is 0 Å². The van der Waals surface area contributed by atoms with Crippen molar-refractivity contribution >= 4 is 11.7 Å². The predicted octanol–water partition coefficient (Wildman–Crippen LogP) is 4.88. The largest absolute Gasteiger partial charge is 0.508 e. The number of aromatic hydroxyl groups is 1. The van der Waals surface area contributed by atoms with E-state index in [1.165, 1.54) is 19.3 Å². The number of hydrogen-bond acceptors (Lipinski definition) is 4. The summed E-state index contributed by atoms with van der Waals surface area (Å²) in [5.74, 6) is 1.11. The van der Waals surface area contributed by atoms with Crippen molar-refractivity contribution < 1.29 is 9.90 Å². The average Bonchev–Trinajstić information content (AvgIpc) is 2.69. The fourth-order valence-electron chi connectivity index (χ4n) is 3.36. The lowest BCUT2D eigenvalue weighted by Crippen LogP contribution is -2.22. The molecule has 5 heteroatoms. The average molecular weight is 353 g/mol. The van der Waals surface area contributed by atoms with E-state index in [1.807, 2.05) is 26.0 Å². The molecule has 1 saturated carbocycles. The summed E-state index contributed by atoms with van der Waals surface area (Å²) in [4.78, 5) is 21.8. The van der Waals surface area contributed by atoms with E-state index >= 15 is 0 Å². The highest BCUT2D eigenvalue weighted by atomic mass is 16.3. The fraction of sp³-hybridized carbons (Fsp3) is 0.476. The van der Waals surface area contributed by atoms with Crippen LogP contribution in [0.5, 0.6) is 5.75 Å². The molecule has 1 heterocycles. The van der Waals surface area contributed by atoms with Gasteiger partial charge in [-0.2, -0.15) is 0 Å². The Morgan fingerprint density at radius 1 is 1.23 bits per heavy atom. The fourth-order valence-corrected chi connectivity index (χ4v) is 3.36. The third-order valence-corrected chi connectivity index (χ3v) is 5.26. The van der Waals surface area contributed by atoms with Gasteiger partial charge in [-0.1, -0.05) is 33.1 Å². The summed E-state index contributed by atoms with van der Waals surface area (Å²) in [6, 6.07) is 6.97. The molecule has 1 aromatic heterocycles. The summed E-state index contributed by atoms with van der Waals surface area (Å²) >= 11 is 0. The monoisotopic (exact) mass is 353 g/mol. The summed E-state index contributed by atoms with van der Waals surface area (Å²) in [6.45, 7) is 3.93. The van der Waals surface area contributed by atoms with Gasteiger partial charge in [0.05, 0.1) is 17.6 Å². The number of nitrogens with one attached hydrogen (secondary N) is 1. The van der Waals surface area contributed by atoms with Gasteiger partial charge in [0, 0.05) is 17.4 Å². The number of amides is 1. The Bertz CT molecular complexity index is 752. The highest BCUT2D eigenvalue weighted by molar-refractivity contribution is 5.92. The summed E-state index contributed by atoms with van der Waals surface area (Å²) < 4.78 is 0. The van der Waals surface area contributed by atoms with Crippen LogP contribution in [0.25, 0.3) is 11.3 Å². The number of aromatic nitrogens is 2. The molecule has 2 N–H and O–H groups in total. The lowest BCUT2D eigenvalue weighted by molar-refractivity contribution is -0.119. The Morgan fingerprint density at radius 2 is 1.92 bits per heavy atom. The normalized spacial score (nSPS) is 16.2. The second kappa shape index (κ2) is 8.30. The van der Waals surface area contributed by atoms with Crippen molar-refractivity contribution in [1.82, 2.24) is 9.97 Å². The molecule has 0 radical (unpaired) electrons. The van der Waals surface area contributed by atoms with Crippen LogP contribution in [0.15, 0.2) is 30.5 Å². The first-order valence-corrected chi connectivity index (χ1v) is 9.55. The number of carbonyl (C=O) groups is 1. The van der Waals surface area contributed by atoms with Crippen LogP contribution >= 0.6 is 0 Å². The van der Waals surface area contributed by atoms with Gasteiger partial charge in [-0.05, 0) is 43.5 Å². The van der Waals surface area contributed by atoms with E-state index in [0.717, 1.165) is 36.2 Å². The highest BCUT2D eigenvalue weighted by Crippen LogP contribution is 2.36. The van der Waals surface area contributed by atoms with Gasteiger partial charge in [0.15, 0.2) is 5.82 Å². The van der Waals surface area contributed by atoms with Gasteiger partial charge in [-0.25, -0.2) is 9.97 Å². The molecule has 0 bridgehead atoms.